The highest BCUT2D eigenvalue weighted by molar-refractivity contribution is 7.19. The van der Waals surface area contributed by atoms with Gasteiger partial charge in [-0.15, -0.1) is 11.3 Å². The van der Waals surface area contributed by atoms with Crippen molar-refractivity contribution in [2.75, 3.05) is 5.32 Å². The summed E-state index contributed by atoms with van der Waals surface area (Å²) in [6.07, 6.45) is 0. The van der Waals surface area contributed by atoms with Crippen LogP contribution in [0.25, 0.3) is 10.1 Å². The maximum absolute atomic E-state index is 13.3. The zero-order valence-electron chi connectivity index (χ0n) is 10.3. The summed E-state index contributed by atoms with van der Waals surface area (Å²) in [5.74, 6) is -0.359. The van der Waals surface area contributed by atoms with E-state index in [1.54, 1.807) is 17.4 Å². The number of anilines is 1. The highest BCUT2D eigenvalue weighted by Crippen LogP contribution is 2.35. The third-order valence-corrected chi connectivity index (χ3v) is 4.85. The Morgan fingerprint density at radius 2 is 1.90 bits per heavy atom. The Balaban J connectivity index is 1.84. The van der Waals surface area contributed by atoms with E-state index in [1.807, 2.05) is 24.3 Å². The topological polar surface area (TPSA) is 12.0 Å². The zero-order chi connectivity index (χ0) is 14.1. The largest absolute Gasteiger partial charge is 0.380 e. The summed E-state index contributed by atoms with van der Waals surface area (Å²) in [5, 5.41) is 5.32. The third-order valence-electron chi connectivity index (χ3n) is 2.92. The molecule has 1 aromatic heterocycles. The second-order valence-corrected chi connectivity index (χ2v) is 6.30. The van der Waals surface area contributed by atoms with Crippen LogP contribution in [0.4, 0.5) is 10.1 Å². The maximum atomic E-state index is 13.3. The SMILES string of the molecule is Fc1cc(Cl)cc(NCc2sc3ccccc3c2Cl)c1. The summed E-state index contributed by atoms with van der Waals surface area (Å²) in [5.41, 5.74) is 0.642. The molecule has 0 aliphatic rings. The van der Waals surface area contributed by atoms with Crippen molar-refractivity contribution in [3.05, 3.63) is 63.2 Å². The molecule has 0 amide bonds. The lowest BCUT2D eigenvalue weighted by molar-refractivity contribution is 0.628. The van der Waals surface area contributed by atoms with E-state index in [0.717, 1.165) is 20.0 Å². The molecule has 0 radical (unpaired) electrons. The molecule has 1 heterocycles. The minimum absolute atomic E-state index is 0.359. The molecular formula is C15H10Cl2FNS. The molecule has 1 N–H and O–H groups in total. The summed E-state index contributed by atoms with van der Waals surface area (Å²) >= 11 is 13.8. The Bertz CT molecular complexity index is 749. The maximum Gasteiger partial charge on any atom is 0.126 e. The molecule has 0 saturated heterocycles. The van der Waals surface area contributed by atoms with Crippen LogP contribution in [0.2, 0.25) is 10.0 Å². The van der Waals surface area contributed by atoms with E-state index in [9.17, 15) is 4.39 Å². The van der Waals surface area contributed by atoms with Gasteiger partial charge in [0.1, 0.15) is 5.82 Å². The lowest BCUT2D eigenvalue weighted by Crippen LogP contribution is -1.98. The van der Waals surface area contributed by atoms with Crippen molar-refractivity contribution >= 4 is 50.3 Å². The van der Waals surface area contributed by atoms with Gasteiger partial charge in [-0.1, -0.05) is 41.4 Å². The van der Waals surface area contributed by atoms with Crippen LogP contribution < -0.4 is 5.32 Å². The number of fused-ring (bicyclic) bond motifs is 1. The zero-order valence-corrected chi connectivity index (χ0v) is 12.6. The van der Waals surface area contributed by atoms with Gasteiger partial charge >= 0.3 is 0 Å². The van der Waals surface area contributed by atoms with Gasteiger partial charge in [-0.05, 0) is 24.3 Å². The van der Waals surface area contributed by atoms with Crippen LogP contribution in [-0.2, 0) is 6.54 Å². The van der Waals surface area contributed by atoms with E-state index in [-0.39, 0.29) is 5.82 Å². The summed E-state index contributed by atoms with van der Waals surface area (Å²) in [6, 6.07) is 12.4. The number of hydrogen-bond donors (Lipinski definition) is 1. The van der Waals surface area contributed by atoms with E-state index >= 15 is 0 Å². The fourth-order valence-electron chi connectivity index (χ4n) is 2.02. The number of halogens is 3. The minimum Gasteiger partial charge on any atom is -0.380 e. The van der Waals surface area contributed by atoms with E-state index < -0.39 is 0 Å². The third kappa shape index (κ3) is 2.75. The summed E-state index contributed by atoms with van der Waals surface area (Å²) in [4.78, 5) is 1.02. The Morgan fingerprint density at radius 3 is 2.65 bits per heavy atom. The van der Waals surface area contributed by atoms with Gasteiger partial charge < -0.3 is 5.32 Å². The molecule has 1 nitrogen and oxygen atoms in total. The fourth-order valence-corrected chi connectivity index (χ4v) is 3.68. The quantitative estimate of drug-likeness (QED) is 0.626. The average Bonchev–Trinajstić information content (AvgIpc) is 2.73. The van der Waals surface area contributed by atoms with Gasteiger partial charge in [0, 0.05) is 25.7 Å². The highest BCUT2D eigenvalue weighted by atomic mass is 35.5. The van der Waals surface area contributed by atoms with E-state index in [4.69, 9.17) is 23.2 Å². The second kappa shape index (κ2) is 5.60. The Labute approximate surface area is 129 Å². The van der Waals surface area contributed by atoms with Crippen molar-refractivity contribution in [2.24, 2.45) is 0 Å². The molecule has 2 aromatic carbocycles. The molecule has 0 unspecified atom stereocenters. The Hall–Kier alpha value is -1.29. The summed E-state index contributed by atoms with van der Waals surface area (Å²) in [7, 11) is 0. The van der Waals surface area contributed by atoms with Crippen LogP contribution in [0.3, 0.4) is 0 Å². The second-order valence-electron chi connectivity index (χ2n) is 4.35. The van der Waals surface area contributed by atoms with Gasteiger partial charge in [0.25, 0.3) is 0 Å². The molecule has 0 aliphatic carbocycles. The van der Waals surface area contributed by atoms with Crippen molar-refractivity contribution in [2.45, 2.75) is 6.54 Å². The molecule has 0 saturated carbocycles. The van der Waals surface area contributed by atoms with Gasteiger partial charge in [0.2, 0.25) is 0 Å². The van der Waals surface area contributed by atoms with Gasteiger partial charge in [-0.3, -0.25) is 0 Å². The van der Waals surface area contributed by atoms with E-state index in [2.05, 4.69) is 5.32 Å². The number of thiophene rings is 1. The Morgan fingerprint density at radius 1 is 1.10 bits per heavy atom. The number of hydrogen-bond acceptors (Lipinski definition) is 2. The first kappa shape index (κ1) is 13.7. The predicted molar refractivity (Wildman–Crippen MR) is 85.6 cm³/mol. The van der Waals surface area contributed by atoms with E-state index in [1.165, 1.54) is 12.1 Å². The number of rotatable bonds is 3. The molecule has 20 heavy (non-hydrogen) atoms. The van der Waals surface area contributed by atoms with Crippen molar-refractivity contribution in [3.8, 4) is 0 Å². The van der Waals surface area contributed by atoms with Crippen LogP contribution in [0.1, 0.15) is 4.88 Å². The monoisotopic (exact) mass is 325 g/mol. The van der Waals surface area contributed by atoms with Crippen LogP contribution in [-0.4, -0.2) is 0 Å². The first-order chi connectivity index (χ1) is 9.63. The average molecular weight is 326 g/mol. The predicted octanol–water partition coefficient (Wildman–Crippen LogP) is 5.96. The Kier molecular flexibility index (Phi) is 3.83. The highest BCUT2D eigenvalue weighted by Gasteiger charge is 2.09. The van der Waals surface area contributed by atoms with Crippen molar-refractivity contribution in [3.63, 3.8) is 0 Å². The smallest absolute Gasteiger partial charge is 0.126 e. The lowest BCUT2D eigenvalue weighted by Gasteiger charge is -2.06. The van der Waals surface area contributed by atoms with Crippen molar-refractivity contribution < 1.29 is 4.39 Å². The number of benzene rings is 2. The van der Waals surface area contributed by atoms with Gasteiger partial charge in [-0.2, -0.15) is 0 Å². The standard InChI is InChI=1S/C15H10Cl2FNS/c16-9-5-10(18)7-11(6-9)19-8-14-15(17)12-3-1-2-4-13(12)20-14/h1-7,19H,8H2. The van der Waals surface area contributed by atoms with E-state index in [0.29, 0.717) is 17.3 Å². The van der Waals surface area contributed by atoms with Gasteiger partial charge in [0.15, 0.2) is 0 Å². The molecule has 3 aromatic rings. The molecule has 0 atom stereocenters. The van der Waals surface area contributed by atoms with Crippen molar-refractivity contribution in [1.82, 2.24) is 0 Å². The van der Waals surface area contributed by atoms with Gasteiger partial charge in [0.05, 0.1) is 11.6 Å². The van der Waals surface area contributed by atoms with Crippen LogP contribution in [0, 0.1) is 5.82 Å². The van der Waals surface area contributed by atoms with Crippen LogP contribution >= 0.6 is 34.5 Å². The molecule has 0 spiro atoms. The molecule has 0 bridgehead atoms. The van der Waals surface area contributed by atoms with Crippen LogP contribution in [0.15, 0.2) is 42.5 Å². The minimum atomic E-state index is -0.359. The molecular weight excluding hydrogens is 316 g/mol. The lowest BCUT2D eigenvalue weighted by atomic mass is 10.2. The molecule has 3 rings (SSSR count). The molecule has 5 heteroatoms. The molecule has 0 fully saturated rings. The number of nitrogens with one attached hydrogen (secondary N) is 1. The first-order valence-corrected chi connectivity index (χ1v) is 7.56. The molecule has 102 valence electrons. The van der Waals surface area contributed by atoms with Gasteiger partial charge in [-0.25, -0.2) is 4.39 Å². The normalized spacial score (nSPS) is 10.9. The first-order valence-electron chi connectivity index (χ1n) is 5.99. The van der Waals surface area contributed by atoms with Crippen LogP contribution in [0.5, 0.6) is 0 Å². The summed E-state index contributed by atoms with van der Waals surface area (Å²) < 4.78 is 14.4. The molecule has 0 aliphatic heterocycles. The summed E-state index contributed by atoms with van der Waals surface area (Å²) in [6.45, 7) is 0.540. The fraction of sp³-hybridized carbons (Fsp3) is 0.0667. The van der Waals surface area contributed by atoms with Crippen molar-refractivity contribution in [1.29, 1.82) is 0 Å².